The summed E-state index contributed by atoms with van der Waals surface area (Å²) in [5.74, 6) is -0.654. The average molecular weight is 291 g/mol. The zero-order valence-corrected chi connectivity index (χ0v) is 11.7. The number of carbonyl (C=O) groups is 2. The third-order valence-electron chi connectivity index (χ3n) is 3.58. The number of nitro benzene ring substituents is 1. The molecule has 1 aliphatic rings. The first kappa shape index (κ1) is 15.0. The van der Waals surface area contributed by atoms with Crippen LogP contribution in [0.15, 0.2) is 24.3 Å². The van der Waals surface area contributed by atoms with Crippen molar-refractivity contribution in [3.63, 3.8) is 0 Å². The molecule has 2 rings (SSSR count). The van der Waals surface area contributed by atoms with E-state index in [0.29, 0.717) is 25.2 Å². The fourth-order valence-corrected chi connectivity index (χ4v) is 2.31. The fraction of sp³-hybridized carbons (Fsp3) is 0.429. The van der Waals surface area contributed by atoms with Gasteiger partial charge in [0, 0.05) is 38.2 Å². The quantitative estimate of drug-likeness (QED) is 0.665. The summed E-state index contributed by atoms with van der Waals surface area (Å²) in [4.78, 5) is 35.7. The van der Waals surface area contributed by atoms with Gasteiger partial charge in [0.05, 0.1) is 10.8 Å². The molecule has 0 radical (unpaired) electrons. The van der Waals surface area contributed by atoms with E-state index >= 15 is 0 Å². The lowest BCUT2D eigenvalue weighted by Gasteiger charge is -2.23. The molecule has 0 spiro atoms. The Hall–Kier alpha value is -2.44. The molecule has 1 atom stereocenters. The summed E-state index contributed by atoms with van der Waals surface area (Å²) in [5, 5.41) is 13.5. The van der Waals surface area contributed by atoms with Crippen LogP contribution >= 0.6 is 0 Å². The molecule has 1 aliphatic heterocycles. The Balaban J connectivity index is 2.13. The lowest BCUT2D eigenvalue weighted by molar-refractivity contribution is -0.384. The Bertz CT molecular complexity index is 573. The highest BCUT2D eigenvalue weighted by atomic mass is 16.6. The molecule has 1 aromatic rings. The summed E-state index contributed by atoms with van der Waals surface area (Å²) in [6.07, 6.45) is 0.285. The van der Waals surface area contributed by atoms with Crippen LogP contribution in [0, 0.1) is 10.1 Å². The molecular weight excluding hydrogens is 274 g/mol. The Morgan fingerprint density at radius 3 is 2.90 bits per heavy atom. The number of benzene rings is 1. The van der Waals surface area contributed by atoms with Gasteiger partial charge in [-0.2, -0.15) is 0 Å². The predicted molar refractivity (Wildman–Crippen MR) is 75.7 cm³/mol. The van der Waals surface area contributed by atoms with E-state index in [0.717, 1.165) is 0 Å². The predicted octanol–water partition coefficient (Wildman–Crippen LogP) is 1.05. The minimum atomic E-state index is -0.477. The van der Waals surface area contributed by atoms with Crippen molar-refractivity contribution in [2.75, 3.05) is 19.6 Å². The molecule has 0 aromatic heterocycles. The number of hydrogen-bond donors (Lipinski definition) is 1. The fourth-order valence-electron chi connectivity index (χ4n) is 2.31. The molecule has 112 valence electrons. The van der Waals surface area contributed by atoms with Crippen LogP contribution in [0.2, 0.25) is 0 Å². The number of rotatable bonds is 3. The number of nitrogens with one attached hydrogen (secondary N) is 1. The van der Waals surface area contributed by atoms with Crippen molar-refractivity contribution in [3.8, 4) is 0 Å². The van der Waals surface area contributed by atoms with E-state index < -0.39 is 10.8 Å². The molecule has 1 fully saturated rings. The van der Waals surface area contributed by atoms with Gasteiger partial charge in [-0.1, -0.05) is 12.1 Å². The van der Waals surface area contributed by atoms with Gasteiger partial charge >= 0.3 is 0 Å². The second-order valence-corrected chi connectivity index (χ2v) is 5.00. The molecule has 7 heteroatoms. The summed E-state index contributed by atoms with van der Waals surface area (Å²) in [7, 11) is 0. The lowest BCUT2D eigenvalue weighted by atomic mass is 9.99. The number of nitrogens with zero attached hydrogens (tertiary/aromatic N) is 2. The van der Waals surface area contributed by atoms with Crippen molar-refractivity contribution >= 4 is 17.5 Å². The summed E-state index contributed by atoms with van der Waals surface area (Å²) in [6, 6.07) is 6.10. The largest absolute Gasteiger partial charge is 0.354 e. The second-order valence-electron chi connectivity index (χ2n) is 5.00. The molecule has 1 N–H and O–H groups in total. The van der Waals surface area contributed by atoms with Gasteiger partial charge in [-0.05, 0) is 12.5 Å². The zero-order chi connectivity index (χ0) is 15.4. The molecule has 21 heavy (non-hydrogen) atoms. The van der Waals surface area contributed by atoms with Gasteiger partial charge in [-0.25, -0.2) is 0 Å². The molecule has 1 heterocycles. The van der Waals surface area contributed by atoms with Crippen molar-refractivity contribution in [1.82, 2.24) is 10.2 Å². The van der Waals surface area contributed by atoms with Crippen LogP contribution in [0.1, 0.15) is 24.8 Å². The van der Waals surface area contributed by atoms with E-state index in [-0.39, 0.29) is 23.9 Å². The van der Waals surface area contributed by atoms with Gasteiger partial charge in [0.15, 0.2) is 0 Å². The highest BCUT2D eigenvalue weighted by molar-refractivity contribution is 5.85. The first-order chi connectivity index (χ1) is 9.99. The van der Waals surface area contributed by atoms with Crippen LogP contribution < -0.4 is 5.32 Å². The van der Waals surface area contributed by atoms with Crippen molar-refractivity contribution in [2.45, 2.75) is 19.3 Å². The number of carbonyl (C=O) groups excluding carboxylic acids is 2. The van der Waals surface area contributed by atoms with Crippen molar-refractivity contribution in [2.24, 2.45) is 0 Å². The van der Waals surface area contributed by atoms with Gasteiger partial charge in [0.1, 0.15) is 0 Å². The Morgan fingerprint density at radius 2 is 2.19 bits per heavy atom. The van der Waals surface area contributed by atoms with Gasteiger partial charge in [-0.3, -0.25) is 19.7 Å². The summed E-state index contributed by atoms with van der Waals surface area (Å²) in [6.45, 7) is 3.00. The van der Waals surface area contributed by atoms with Crippen LogP contribution in [0.5, 0.6) is 0 Å². The summed E-state index contributed by atoms with van der Waals surface area (Å²) < 4.78 is 0. The van der Waals surface area contributed by atoms with Crippen LogP contribution in [0.3, 0.4) is 0 Å². The van der Waals surface area contributed by atoms with Crippen molar-refractivity contribution in [1.29, 1.82) is 0 Å². The van der Waals surface area contributed by atoms with Crippen molar-refractivity contribution in [3.05, 3.63) is 39.9 Å². The van der Waals surface area contributed by atoms with Gasteiger partial charge in [0.2, 0.25) is 11.8 Å². The number of non-ortho nitro benzene ring substituents is 1. The first-order valence-electron chi connectivity index (χ1n) is 6.79. The minimum absolute atomic E-state index is 0.0279. The molecule has 0 saturated carbocycles. The van der Waals surface area contributed by atoms with Gasteiger partial charge in [0.25, 0.3) is 5.69 Å². The molecule has 7 nitrogen and oxygen atoms in total. The van der Waals surface area contributed by atoms with Crippen LogP contribution in [0.4, 0.5) is 5.69 Å². The standard InChI is InChI=1S/C14H17N3O4/c1-10(11-3-2-4-12(9-11)17(20)21)14(19)16-7-5-13(18)15-6-8-16/h2-4,9-10H,5-8H2,1H3,(H,15,18). The highest BCUT2D eigenvalue weighted by Gasteiger charge is 2.25. The third-order valence-corrected chi connectivity index (χ3v) is 3.58. The Labute approximate surface area is 122 Å². The van der Waals surface area contributed by atoms with E-state index in [1.54, 1.807) is 24.0 Å². The molecule has 2 amide bonds. The maximum atomic E-state index is 12.5. The normalized spacial score (nSPS) is 16.8. The molecule has 1 saturated heterocycles. The van der Waals surface area contributed by atoms with Crippen LogP contribution in [0.25, 0.3) is 0 Å². The second kappa shape index (κ2) is 6.34. The monoisotopic (exact) mass is 291 g/mol. The van der Waals surface area contributed by atoms with E-state index in [9.17, 15) is 19.7 Å². The van der Waals surface area contributed by atoms with Gasteiger partial charge in [-0.15, -0.1) is 0 Å². The smallest absolute Gasteiger partial charge is 0.269 e. The van der Waals surface area contributed by atoms with Crippen LogP contribution in [-0.2, 0) is 9.59 Å². The maximum Gasteiger partial charge on any atom is 0.269 e. The highest BCUT2D eigenvalue weighted by Crippen LogP contribution is 2.22. The van der Waals surface area contributed by atoms with E-state index in [1.807, 2.05) is 0 Å². The lowest BCUT2D eigenvalue weighted by Crippen LogP contribution is -2.36. The van der Waals surface area contributed by atoms with Gasteiger partial charge < -0.3 is 10.2 Å². The SMILES string of the molecule is CC(C(=O)N1CCNC(=O)CC1)c1cccc([N+](=O)[O-])c1. The first-order valence-corrected chi connectivity index (χ1v) is 6.79. The van der Waals surface area contributed by atoms with E-state index in [4.69, 9.17) is 0 Å². The molecule has 0 bridgehead atoms. The van der Waals surface area contributed by atoms with Crippen LogP contribution in [-0.4, -0.2) is 41.3 Å². The van der Waals surface area contributed by atoms with E-state index in [1.165, 1.54) is 12.1 Å². The molecular formula is C14H17N3O4. The molecule has 0 aliphatic carbocycles. The summed E-state index contributed by atoms with van der Waals surface area (Å²) >= 11 is 0. The third kappa shape index (κ3) is 3.56. The number of amides is 2. The Morgan fingerprint density at radius 1 is 1.43 bits per heavy atom. The summed E-state index contributed by atoms with van der Waals surface area (Å²) in [5.41, 5.74) is 0.581. The number of hydrogen-bond acceptors (Lipinski definition) is 4. The zero-order valence-electron chi connectivity index (χ0n) is 11.7. The molecule has 1 aromatic carbocycles. The number of nitro groups is 1. The topological polar surface area (TPSA) is 92.6 Å². The van der Waals surface area contributed by atoms with E-state index in [2.05, 4.69) is 5.32 Å². The maximum absolute atomic E-state index is 12.5. The van der Waals surface area contributed by atoms with Crippen molar-refractivity contribution < 1.29 is 14.5 Å². The minimum Gasteiger partial charge on any atom is -0.354 e. The Kier molecular flexibility index (Phi) is 4.52. The molecule has 1 unspecified atom stereocenters. The average Bonchev–Trinajstić information content (AvgIpc) is 2.70.